The number of hydrogen-bond acceptors (Lipinski definition) is 3. The molecule has 198 valence electrons. The molecule has 2 heterocycles. The van der Waals surface area contributed by atoms with Crippen molar-refractivity contribution in [3.8, 4) is 0 Å². The molecule has 1 aromatic heterocycles. The normalized spacial score (nSPS) is 16.9. The highest BCUT2D eigenvalue weighted by molar-refractivity contribution is 7.88. The minimum Gasteiger partial charge on any atom is -0.343 e. The number of sulfonamides is 1. The van der Waals surface area contributed by atoms with E-state index in [0.29, 0.717) is 12.0 Å². The highest BCUT2D eigenvalue weighted by Gasteiger charge is 2.30. The highest BCUT2D eigenvalue weighted by atomic mass is 32.2. The molecule has 2 unspecified atom stereocenters. The number of fused-ring (bicyclic) bond motifs is 1. The molecule has 5 rings (SSSR count). The van der Waals surface area contributed by atoms with E-state index in [9.17, 15) is 8.42 Å². The standard InChI is InChI=1S/C32H37N3O2S/c1-4-20-35-22-29(24(2)30-16-11-19-33-30)28-21-25(17-18-31(28)35)23-38(36,37)34(3)32(26-12-7-5-8-13-26)27-14-9-6-10-15-27/h4-10,12-15,17-18,21-22,24,30,32-33H,1,11,16,19-20,23H2,2-3H3. The maximum absolute atomic E-state index is 13.9. The zero-order chi connectivity index (χ0) is 26.7. The molecule has 0 aliphatic carbocycles. The van der Waals surface area contributed by atoms with Crippen LogP contribution in [0.2, 0.25) is 0 Å². The van der Waals surface area contributed by atoms with Gasteiger partial charge in [-0.3, -0.25) is 0 Å². The molecule has 1 N–H and O–H groups in total. The topological polar surface area (TPSA) is 54.3 Å². The molecule has 6 heteroatoms. The van der Waals surface area contributed by atoms with Crippen molar-refractivity contribution >= 4 is 20.9 Å². The van der Waals surface area contributed by atoms with Crippen molar-refractivity contribution < 1.29 is 8.42 Å². The molecular formula is C32H37N3O2S. The zero-order valence-corrected chi connectivity index (χ0v) is 23.1. The predicted octanol–water partition coefficient (Wildman–Crippen LogP) is 6.23. The first-order chi connectivity index (χ1) is 18.4. The third-order valence-electron chi connectivity index (χ3n) is 7.88. The van der Waals surface area contributed by atoms with Crippen molar-refractivity contribution in [3.63, 3.8) is 0 Å². The quantitative estimate of drug-likeness (QED) is 0.249. The monoisotopic (exact) mass is 527 g/mol. The van der Waals surface area contributed by atoms with Crippen LogP contribution in [0.4, 0.5) is 0 Å². The first kappa shape index (κ1) is 26.4. The summed E-state index contributed by atoms with van der Waals surface area (Å²) in [5.74, 6) is 0.277. The Hall–Kier alpha value is -3.19. The molecule has 4 aromatic rings. The molecule has 0 bridgehead atoms. The number of hydrogen-bond donors (Lipinski definition) is 1. The van der Waals surface area contributed by atoms with Gasteiger partial charge in [0.05, 0.1) is 11.8 Å². The van der Waals surface area contributed by atoms with Crippen LogP contribution in [0.3, 0.4) is 0 Å². The number of nitrogens with zero attached hydrogens (tertiary/aromatic N) is 2. The molecule has 3 aromatic carbocycles. The Bertz CT molecular complexity index is 1450. The van der Waals surface area contributed by atoms with Gasteiger partial charge in [0, 0.05) is 36.7 Å². The van der Waals surface area contributed by atoms with Crippen LogP contribution in [-0.4, -0.2) is 36.9 Å². The second kappa shape index (κ2) is 11.3. The molecule has 5 nitrogen and oxygen atoms in total. The summed E-state index contributed by atoms with van der Waals surface area (Å²) in [6, 6.07) is 25.8. The summed E-state index contributed by atoms with van der Waals surface area (Å²) >= 11 is 0. The summed E-state index contributed by atoms with van der Waals surface area (Å²) in [5.41, 5.74) is 5.07. The average molecular weight is 528 g/mol. The summed E-state index contributed by atoms with van der Waals surface area (Å²) in [4.78, 5) is 0. The van der Waals surface area contributed by atoms with E-state index in [0.717, 1.165) is 47.1 Å². The lowest BCUT2D eigenvalue weighted by atomic mass is 9.92. The van der Waals surface area contributed by atoms with Crippen molar-refractivity contribution in [2.45, 2.75) is 50.1 Å². The van der Waals surface area contributed by atoms with Crippen molar-refractivity contribution in [1.82, 2.24) is 14.2 Å². The number of rotatable bonds is 10. The number of allylic oxidation sites excluding steroid dienone is 1. The van der Waals surface area contributed by atoms with Gasteiger partial charge in [-0.25, -0.2) is 8.42 Å². The van der Waals surface area contributed by atoms with E-state index in [4.69, 9.17) is 0 Å². The van der Waals surface area contributed by atoms with Crippen LogP contribution in [0.1, 0.15) is 54.0 Å². The second-order valence-corrected chi connectivity index (χ2v) is 12.4. The number of benzene rings is 3. The molecule has 0 amide bonds. The third kappa shape index (κ3) is 5.35. The molecule has 38 heavy (non-hydrogen) atoms. The van der Waals surface area contributed by atoms with Gasteiger partial charge in [0.15, 0.2) is 0 Å². The van der Waals surface area contributed by atoms with E-state index < -0.39 is 16.1 Å². The Labute approximate surface area is 226 Å². The lowest BCUT2D eigenvalue weighted by Crippen LogP contribution is -2.33. The predicted molar refractivity (Wildman–Crippen MR) is 157 cm³/mol. The van der Waals surface area contributed by atoms with E-state index in [1.807, 2.05) is 72.8 Å². The molecular weight excluding hydrogens is 490 g/mol. The lowest BCUT2D eigenvalue weighted by Gasteiger charge is -2.28. The van der Waals surface area contributed by atoms with Gasteiger partial charge in [-0.2, -0.15) is 4.31 Å². The van der Waals surface area contributed by atoms with E-state index in [2.05, 4.69) is 41.7 Å². The van der Waals surface area contributed by atoms with Gasteiger partial charge in [0.1, 0.15) is 0 Å². The molecule has 2 atom stereocenters. The fraction of sp³-hybridized carbons (Fsp3) is 0.312. The third-order valence-corrected chi connectivity index (χ3v) is 9.66. The van der Waals surface area contributed by atoms with Gasteiger partial charge in [0.2, 0.25) is 10.0 Å². The van der Waals surface area contributed by atoms with Gasteiger partial charge in [-0.1, -0.05) is 79.7 Å². The fourth-order valence-corrected chi connectivity index (χ4v) is 7.19. The van der Waals surface area contributed by atoms with Gasteiger partial charge >= 0.3 is 0 Å². The first-order valence-corrected chi connectivity index (χ1v) is 15.0. The lowest BCUT2D eigenvalue weighted by molar-refractivity contribution is 0.417. The smallest absolute Gasteiger partial charge is 0.218 e. The molecule has 0 saturated carbocycles. The fourth-order valence-electron chi connectivity index (χ4n) is 5.83. The van der Waals surface area contributed by atoms with Crippen LogP contribution in [0.15, 0.2) is 97.7 Å². The molecule has 1 aliphatic heterocycles. The maximum Gasteiger partial charge on any atom is 0.218 e. The molecule has 0 spiro atoms. The Morgan fingerprint density at radius 1 is 1.05 bits per heavy atom. The Balaban J connectivity index is 1.50. The summed E-state index contributed by atoms with van der Waals surface area (Å²) < 4.78 is 31.5. The number of aromatic nitrogens is 1. The Kier molecular flexibility index (Phi) is 7.84. The average Bonchev–Trinajstić information content (AvgIpc) is 3.59. The van der Waals surface area contributed by atoms with Crippen LogP contribution in [-0.2, 0) is 22.3 Å². The summed E-state index contributed by atoms with van der Waals surface area (Å²) in [7, 11) is -1.94. The van der Waals surface area contributed by atoms with Crippen molar-refractivity contribution in [2.24, 2.45) is 0 Å². The number of nitrogens with one attached hydrogen (secondary N) is 1. The molecule has 1 saturated heterocycles. The van der Waals surface area contributed by atoms with Crippen molar-refractivity contribution in [2.75, 3.05) is 13.6 Å². The van der Waals surface area contributed by atoms with Crippen LogP contribution in [0.25, 0.3) is 10.9 Å². The molecule has 1 aliphatic rings. The first-order valence-electron chi connectivity index (χ1n) is 13.4. The van der Waals surface area contributed by atoms with Gasteiger partial charge in [-0.15, -0.1) is 6.58 Å². The van der Waals surface area contributed by atoms with Crippen molar-refractivity contribution in [1.29, 1.82) is 0 Å². The molecule has 1 fully saturated rings. The van der Waals surface area contributed by atoms with Crippen LogP contribution < -0.4 is 5.32 Å². The van der Waals surface area contributed by atoms with Crippen LogP contribution >= 0.6 is 0 Å². The summed E-state index contributed by atoms with van der Waals surface area (Å²) in [6.45, 7) is 7.98. The Morgan fingerprint density at radius 3 is 2.29 bits per heavy atom. The SMILES string of the molecule is C=CCn1cc(C(C)C2CCCN2)c2cc(CS(=O)(=O)N(C)C(c3ccccc3)c3ccccc3)ccc21. The van der Waals surface area contributed by atoms with Crippen LogP contribution in [0, 0.1) is 0 Å². The molecule has 0 radical (unpaired) electrons. The highest BCUT2D eigenvalue weighted by Crippen LogP contribution is 2.35. The Morgan fingerprint density at radius 2 is 1.71 bits per heavy atom. The van der Waals surface area contributed by atoms with Gasteiger partial charge < -0.3 is 9.88 Å². The summed E-state index contributed by atoms with van der Waals surface area (Å²) in [5, 5.41) is 4.77. The maximum atomic E-state index is 13.9. The van der Waals surface area contributed by atoms with Gasteiger partial charge in [-0.05, 0) is 59.7 Å². The minimum atomic E-state index is -3.63. The summed E-state index contributed by atoms with van der Waals surface area (Å²) in [6.07, 6.45) is 6.49. The van der Waals surface area contributed by atoms with Crippen LogP contribution in [0.5, 0.6) is 0 Å². The van der Waals surface area contributed by atoms with E-state index in [-0.39, 0.29) is 5.75 Å². The van der Waals surface area contributed by atoms with Crippen molar-refractivity contribution in [3.05, 3.63) is 120 Å². The zero-order valence-electron chi connectivity index (χ0n) is 22.3. The minimum absolute atomic E-state index is 0.0578. The van der Waals surface area contributed by atoms with Gasteiger partial charge in [0.25, 0.3) is 0 Å². The van der Waals surface area contributed by atoms with E-state index in [1.165, 1.54) is 16.3 Å². The second-order valence-electron chi connectivity index (χ2n) is 10.4. The van der Waals surface area contributed by atoms with E-state index >= 15 is 0 Å². The van der Waals surface area contributed by atoms with E-state index in [1.54, 1.807) is 7.05 Å². The largest absolute Gasteiger partial charge is 0.343 e.